The monoisotopic (exact) mass is 361 g/mol. The van der Waals surface area contributed by atoms with Crippen molar-refractivity contribution in [1.29, 1.82) is 0 Å². The van der Waals surface area contributed by atoms with Crippen molar-refractivity contribution in [2.24, 2.45) is 22.2 Å². The molecule has 0 saturated carbocycles. The smallest absolute Gasteiger partial charge is 0.339 e. The van der Waals surface area contributed by atoms with E-state index in [1.165, 1.54) is 0 Å². The zero-order valence-corrected chi connectivity index (χ0v) is 13.4. The van der Waals surface area contributed by atoms with E-state index in [-0.39, 0.29) is 25.3 Å². The van der Waals surface area contributed by atoms with E-state index in [2.05, 4.69) is 4.99 Å². The molecule has 0 bridgehead atoms. The Balaban J connectivity index is 5.05. The first kappa shape index (κ1) is 21.0. The van der Waals surface area contributed by atoms with E-state index in [1.807, 2.05) is 0 Å². The Bertz CT molecular complexity index is 473. The van der Waals surface area contributed by atoms with Crippen molar-refractivity contribution in [3.05, 3.63) is 0 Å². The fourth-order valence-electron chi connectivity index (χ4n) is 1.71. The lowest BCUT2D eigenvalue weighted by atomic mass is 10.1. The van der Waals surface area contributed by atoms with E-state index in [4.69, 9.17) is 36.8 Å². The summed E-state index contributed by atoms with van der Waals surface area (Å²) in [6.07, 6.45) is -1.81. The van der Waals surface area contributed by atoms with Crippen LogP contribution in [0.15, 0.2) is 4.99 Å². The molecule has 12 nitrogen and oxygen atoms in total. The second kappa shape index (κ2) is 8.59. The van der Waals surface area contributed by atoms with Gasteiger partial charge in [-0.25, -0.2) is 0 Å². The lowest BCUT2D eigenvalue weighted by molar-refractivity contribution is -0.122. The van der Waals surface area contributed by atoms with Crippen LogP contribution >= 0.6 is 15.2 Å². The van der Waals surface area contributed by atoms with Gasteiger partial charge in [-0.05, 0) is 12.8 Å². The van der Waals surface area contributed by atoms with Crippen LogP contribution in [0.1, 0.15) is 12.8 Å². The number of hydrogen-bond acceptors (Lipinski definition) is 5. The van der Waals surface area contributed by atoms with Gasteiger partial charge < -0.3 is 36.8 Å². The van der Waals surface area contributed by atoms with Crippen molar-refractivity contribution in [3.63, 3.8) is 0 Å². The van der Waals surface area contributed by atoms with E-state index in [9.17, 15) is 13.9 Å². The highest BCUT2D eigenvalue weighted by Crippen LogP contribution is 2.42. The SMILES string of the molecule is NC(=O)[C@H](CCCN=C(N)N)N(CP(=O)(O)O)CP(=O)(O)O. The maximum absolute atomic E-state index is 11.4. The molecule has 0 rings (SSSR count). The van der Waals surface area contributed by atoms with Crippen LogP contribution in [0.3, 0.4) is 0 Å². The number of primary amides is 1. The van der Waals surface area contributed by atoms with Gasteiger partial charge in [-0.15, -0.1) is 0 Å². The van der Waals surface area contributed by atoms with Crippen molar-refractivity contribution in [2.75, 3.05) is 19.1 Å². The molecule has 10 N–H and O–H groups in total. The van der Waals surface area contributed by atoms with Gasteiger partial charge in [0.05, 0.1) is 6.04 Å². The topological polar surface area (TPSA) is 226 Å². The van der Waals surface area contributed by atoms with E-state index >= 15 is 0 Å². The molecule has 0 aromatic rings. The largest absolute Gasteiger partial charge is 0.370 e. The number of hydrogen-bond donors (Lipinski definition) is 7. The van der Waals surface area contributed by atoms with Crippen molar-refractivity contribution in [1.82, 2.24) is 4.90 Å². The average Bonchev–Trinajstić information content (AvgIpc) is 2.22. The van der Waals surface area contributed by atoms with Crippen LogP contribution in [-0.2, 0) is 13.9 Å². The minimum atomic E-state index is -4.65. The quantitative estimate of drug-likeness (QED) is 0.0933. The summed E-state index contributed by atoms with van der Waals surface area (Å²) in [5.41, 5.74) is 15.4. The molecule has 0 aliphatic rings. The average molecular weight is 361 g/mol. The lowest BCUT2D eigenvalue weighted by Crippen LogP contribution is -2.45. The van der Waals surface area contributed by atoms with Gasteiger partial charge in [0.2, 0.25) is 5.91 Å². The predicted octanol–water partition coefficient (Wildman–Crippen LogP) is -2.53. The minimum Gasteiger partial charge on any atom is -0.370 e. The molecule has 1 amide bonds. The van der Waals surface area contributed by atoms with Crippen LogP contribution in [0.25, 0.3) is 0 Å². The molecule has 0 radical (unpaired) electrons. The second-order valence-electron chi connectivity index (χ2n) is 4.57. The van der Waals surface area contributed by atoms with Gasteiger partial charge in [-0.1, -0.05) is 0 Å². The third kappa shape index (κ3) is 10.7. The molecular weight excluding hydrogens is 340 g/mol. The summed E-state index contributed by atoms with van der Waals surface area (Å²) in [6, 6.07) is -1.27. The highest BCUT2D eigenvalue weighted by Gasteiger charge is 2.33. The van der Waals surface area contributed by atoms with E-state index in [0.29, 0.717) is 4.90 Å². The van der Waals surface area contributed by atoms with Gasteiger partial charge in [0.1, 0.15) is 12.6 Å². The van der Waals surface area contributed by atoms with Crippen LogP contribution in [0, 0.1) is 0 Å². The standard InChI is InChI=1S/C8H21N5O7P2/c9-7(14)6(2-1-3-12-8(10)11)13(4-21(15,16)17)5-22(18,19)20/h6H,1-5H2,(H2,9,14)(H4,10,11,12)(H2,15,16,17)(H2,18,19,20)/t6-/m0/s1. The third-order valence-corrected chi connectivity index (χ3v) is 3.89. The summed E-state index contributed by atoms with van der Waals surface area (Å²) >= 11 is 0. The number of nitrogens with two attached hydrogens (primary N) is 3. The number of rotatable bonds is 10. The molecule has 0 fully saturated rings. The molecule has 0 unspecified atom stereocenters. The van der Waals surface area contributed by atoms with Gasteiger partial charge in [0.25, 0.3) is 0 Å². The molecule has 0 saturated heterocycles. The predicted molar refractivity (Wildman–Crippen MR) is 78.6 cm³/mol. The number of carbonyl (C=O) groups excluding carboxylic acids is 1. The minimum absolute atomic E-state index is 0.0217. The van der Waals surface area contributed by atoms with Gasteiger partial charge in [0.15, 0.2) is 5.96 Å². The highest BCUT2D eigenvalue weighted by molar-refractivity contribution is 7.52. The molecule has 0 aromatic carbocycles. The lowest BCUT2D eigenvalue weighted by Gasteiger charge is -2.29. The Kier molecular flexibility index (Phi) is 8.19. The zero-order chi connectivity index (χ0) is 17.6. The molecule has 14 heteroatoms. The number of carbonyl (C=O) groups is 1. The molecule has 22 heavy (non-hydrogen) atoms. The first-order valence-corrected chi connectivity index (χ1v) is 9.59. The van der Waals surface area contributed by atoms with Crippen molar-refractivity contribution in [3.8, 4) is 0 Å². The number of amides is 1. The summed E-state index contributed by atoms with van der Waals surface area (Å²) in [6.45, 7) is 0.131. The number of aliphatic imine (C=N–C) groups is 1. The Morgan fingerprint density at radius 2 is 1.50 bits per heavy atom. The summed E-state index contributed by atoms with van der Waals surface area (Å²) in [7, 11) is -9.30. The van der Waals surface area contributed by atoms with E-state index < -0.39 is 39.7 Å². The van der Waals surface area contributed by atoms with E-state index in [0.717, 1.165) is 0 Å². The van der Waals surface area contributed by atoms with Crippen LogP contribution in [-0.4, -0.2) is 61.5 Å². The third-order valence-electron chi connectivity index (χ3n) is 2.43. The normalized spacial score (nSPS) is 13.9. The summed E-state index contributed by atoms with van der Waals surface area (Å²) in [5.74, 6) is -1.13. The van der Waals surface area contributed by atoms with E-state index in [1.54, 1.807) is 0 Å². The van der Waals surface area contributed by atoms with Crippen molar-refractivity contribution in [2.45, 2.75) is 18.9 Å². The molecule has 1 atom stereocenters. The number of nitrogens with zero attached hydrogens (tertiary/aromatic N) is 2. The Morgan fingerprint density at radius 1 is 1.05 bits per heavy atom. The van der Waals surface area contributed by atoms with Crippen LogP contribution < -0.4 is 17.2 Å². The summed E-state index contributed by atoms with van der Waals surface area (Å²) in [4.78, 5) is 51.6. The second-order valence-corrected chi connectivity index (χ2v) is 7.79. The first-order chi connectivity index (χ1) is 9.82. The van der Waals surface area contributed by atoms with Gasteiger partial charge in [-0.3, -0.25) is 23.8 Å². The Morgan fingerprint density at radius 3 is 1.82 bits per heavy atom. The summed E-state index contributed by atoms with van der Waals surface area (Å²) < 4.78 is 22.1. The molecule has 0 aliphatic carbocycles. The Hall–Kier alpha value is -1.00. The number of guanidine groups is 1. The van der Waals surface area contributed by atoms with Crippen molar-refractivity contribution < 1.29 is 33.5 Å². The van der Waals surface area contributed by atoms with Crippen LogP contribution in [0.4, 0.5) is 0 Å². The first-order valence-electron chi connectivity index (χ1n) is 6.00. The van der Waals surface area contributed by atoms with Gasteiger partial charge >= 0.3 is 15.2 Å². The molecule has 0 heterocycles. The molecule has 130 valence electrons. The molecule has 0 spiro atoms. The molecule has 0 aliphatic heterocycles. The fraction of sp³-hybridized carbons (Fsp3) is 0.750. The van der Waals surface area contributed by atoms with Gasteiger partial charge in [0, 0.05) is 6.54 Å². The maximum atomic E-state index is 11.4. The highest BCUT2D eigenvalue weighted by atomic mass is 31.2. The van der Waals surface area contributed by atoms with Gasteiger partial charge in [-0.2, -0.15) is 0 Å². The van der Waals surface area contributed by atoms with Crippen LogP contribution in [0.5, 0.6) is 0 Å². The molecule has 0 aromatic heterocycles. The maximum Gasteiger partial charge on any atom is 0.339 e. The summed E-state index contributed by atoms with van der Waals surface area (Å²) in [5, 5.41) is 0. The Labute approximate surface area is 126 Å². The van der Waals surface area contributed by atoms with Crippen molar-refractivity contribution >= 4 is 27.1 Å². The molecular formula is C8H21N5O7P2. The zero-order valence-electron chi connectivity index (χ0n) is 11.6. The fourth-order valence-corrected chi connectivity index (χ4v) is 3.41. The van der Waals surface area contributed by atoms with Crippen LogP contribution in [0.2, 0.25) is 0 Å².